The van der Waals surface area contributed by atoms with Crippen molar-refractivity contribution in [1.82, 2.24) is 0 Å². The predicted octanol–water partition coefficient (Wildman–Crippen LogP) is 15.7. The van der Waals surface area contributed by atoms with Crippen molar-refractivity contribution < 1.29 is 0 Å². The maximum absolute atomic E-state index is 2.41. The first-order valence-corrected chi connectivity index (χ1v) is 20.4. The van der Waals surface area contributed by atoms with Gasteiger partial charge >= 0.3 is 0 Å². The monoisotopic (exact) mass is 597 g/mol. The molecule has 252 valence electrons. The van der Waals surface area contributed by atoms with Crippen LogP contribution in [0.2, 0.25) is 0 Å². The molecule has 0 aliphatic rings. The fourth-order valence-corrected chi connectivity index (χ4v) is 6.80. The van der Waals surface area contributed by atoms with Gasteiger partial charge in [0.1, 0.15) is 0 Å². The molecule has 0 radical (unpaired) electrons. The highest BCUT2D eigenvalue weighted by Gasteiger charge is 1.99. The Morgan fingerprint density at radius 2 is 0.395 bits per heavy atom. The second-order valence-corrected chi connectivity index (χ2v) is 14.3. The van der Waals surface area contributed by atoms with Crippen molar-refractivity contribution in [1.29, 1.82) is 0 Å². The lowest BCUT2D eigenvalue weighted by atomic mass is 10.0. The van der Waals surface area contributed by atoms with Crippen LogP contribution in [0.1, 0.15) is 237 Å². The van der Waals surface area contributed by atoms with Crippen molar-refractivity contribution in [3.05, 3.63) is 35.4 Å². The number of benzene rings is 1. The summed E-state index contributed by atoms with van der Waals surface area (Å²) in [5.74, 6) is 0. The van der Waals surface area contributed by atoms with Crippen LogP contribution in [0, 0.1) is 0 Å². The zero-order valence-corrected chi connectivity index (χ0v) is 30.1. The second kappa shape index (κ2) is 34.1. The Hall–Kier alpha value is -0.780. The summed E-state index contributed by atoms with van der Waals surface area (Å²) in [7, 11) is 0. The molecule has 0 unspecified atom stereocenters. The van der Waals surface area contributed by atoms with E-state index in [1.54, 1.807) is 11.1 Å². The summed E-state index contributed by atoms with van der Waals surface area (Å²) < 4.78 is 0. The summed E-state index contributed by atoms with van der Waals surface area (Å²) >= 11 is 0. The topological polar surface area (TPSA) is 0 Å². The number of aryl methyl sites for hydroxylation is 2. The zero-order chi connectivity index (χ0) is 30.7. The van der Waals surface area contributed by atoms with Gasteiger partial charge in [0.25, 0.3) is 0 Å². The van der Waals surface area contributed by atoms with Crippen LogP contribution in [-0.2, 0) is 12.8 Å². The summed E-state index contributed by atoms with van der Waals surface area (Å²) in [6, 6.07) is 9.64. The Kier molecular flexibility index (Phi) is 31.9. The molecule has 43 heavy (non-hydrogen) atoms. The van der Waals surface area contributed by atoms with E-state index in [0.29, 0.717) is 0 Å². The minimum absolute atomic E-state index is 1.28. The smallest absolute Gasteiger partial charge is 0.0279 e. The molecule has 0 amide bonds. The maximum atomic E-state index is 2.41. The fourth-order valence-electron chi connectivity index (χ4n) is 6.80. The van der Waals surface area contributed by atoms with Gasteiger partial charge in [-0.05, 0) is 36.8 Å². The molecule has 0 saturated heterocycles. The molecule has 0 aliphatic heterocycles. The largest absolute Gasteiger partial charge is 0.0654 e. The van der Waals surface area contributed by atoms with E-state index >= 15 is 0 Å². The highest BCUT2D eigenvalue weighted by Crippen LogP contribution is 2.17. The van der Waals surface area contributed by atoms with Crippen LogP contribution >= 0.6 is 0 Å². The third-order valence-electron chi connectivity index (χ3n) is 9.91. The molecule has 0 aliphatic carbocycles. The Labute approximate surface area is 273 Å². The molecule has 0 heterocycles. The quantitative estimate of drug-likeness (QED) is 0.0684. The van der Waals surface area contributed by atoms with Crippen LogP contribution < -0.4 is 0 Å². The Balaban J connectivity index is 1.80. The van der Waals surface area contributed by atoms with Gasteiger partial charge in [0.05, 0.1) is 0 Å². The summed E-state index contributed by atoms with van der Waals surface area (Å²) in [5, 5.41) is 0. The standard InChI is InChI=1S/C43H80/c1-3-5-7-9-11-13-15-17-19-21-23-25-27-29-31-33-35-37-43-40-38-42(39-41-43)36-34-32-30-28-26-24-22-20-18-16-14-12-10-8-6-4-2/h38-41H,3-37H2,1-2H3. The minimum Gasteiger partial charge on any atom is -0.0654 e. The molecule has 0 N–H and O–H groups in total. The lowest BCUT2D eigenvalue weighted by Crippen LogP contribution is -1.90. The molecule has 0 heteroatoms. The van der Waals surface area contributed by atoms with E-state index in [-0.39, 0.29) is 0 Å². The molecule has 0 atom stereocenters. The number of hydrogen-bond donors (Lipinski definition) is 0. The van der Waals surface area contributed by atoms with Crippen molar-refractivity contribution >= 4 is 0 Å². The first-order chi connectivity index (χ1) is 21.4. The third kappa shape index (κ3) is 29.7. The van der Waals surface area contributed by atoms with Crippen molar-refractivity contribution in [3.63, 3.8) is 0 Å². The van der Waals surface area contributed by atoms with E-state index in [1.165, 1.54) is 225 Å². The summed E-state index contributed by atoms with van der Waals surface area (Å²) in [4.78, 5) is 0. The number of rotatable bonds is 35. The molecule has 1 aromatic rings. The van der Waals surface area contributed by atoms with Crippen LogP contribution in [0.5, 0.6) is 0 Å². The highest BCUT2D eigenvalue weighted by atomic mass is 14.1. The normalized spacial score (nSPS) is 11.5. The van der Waals surface area contributed by atoms with Gasteiger partial charge in [0.15, 0.2) is 0 Å². The molecule has 1 aromatic carbocycles. The van der Waals surface area contributed by atoms with Gasteiger partial charge in [-0.3, -0.25) is 0 Å². The van der Waals surface area contributed by atoms with Crippen LogP contribution in [0.15, 0.2) is 24.3 Å². The highest BCUT2D eigenvalue weighted by molar-refractivity contribution is 5.22. The summed E-state index contributed by atoms with van der Waals surface area (Å²) in [6.45, 7) is 4.61. The predicted molar refractivity (Wildman–Crippen MR) is 198 cm³/mol. The van der Waals surface area contributed by atoms with Crippen molar-refractivity contribution in [2.75, 3.05) is 0 Å². The van der Waals surface area contributed by atoms with Crippen LogP contribution in [0.3, 0.4) is 0 Å². The Morgan fingerprint density at radius 1 is 0.233 bits per heavy atom. The van der Waals surface area contributed by atoms with E-state index in [1.807, 2.05) is 0 Å². The lowest BCUT2D eigenvalue weighted by Gasteiger charge is -2.06. The Morgan fingerprint density at radius 3 is 0.581 bits per heavy atom. The van der Waals surface area contributed by atoms with E-state index in [0.717, 1.165) is 0 Å². The lowest BCUT2D eigenvalue weighted by molar-refractivity contribution is 0.527. The maximum Gasteiger partial charge on any atom is -0.0279 e. The van der Waals surface area contributed by atoms with Gasteiger partial charge in [-0.25, -0.2) is 0 Å². The average molecular weight is 597 g/mol. The number of hydrogen-bond acceptors (Lipinski definition) is 0. The number of unbranched alkanes of at least 4 members (excludes halogenated alkanes) is 31. The van der Waals surface area contributed by atoms with Crippen LogP contribution in [0.25, 0.3) is 0 Å². The van der Waals surface area contributed by atoms with Crippen LogP contribution in [-0.4, -0.2) is 0 Å². The summed E-state index contributed by atoms with van der Waals surface area (Å²) in [5.41, 5.74) is 3.10. The zero-order valence-electron chi connectivity index (χ0n) is 30.1. The van der Waals surface area contributed by atoms with Crippen molar-refractivity contribution in [2.24, 2.45) is 0 Å². The van der Waals surface area contributed by atoms with E-state index in [4.69, 9.17) is 0 Å². The van der Waals surface area contributed by atoms with Crippen LogP contribution in [0.4, 0.5) is 0 Å². The van der Waals surface area contributed by atoms with Gasteiger partial charge in [-0.15, -0.1) is 0 Å². The SMILES string of the molecule is CCCCCCCCCCCCCCCCCCCc1ccc(CCCCCCCCCCCCCCCCCC)cc1. The first kappa shape index (κ1) is 40.2. The van der Waals surface area contributed by atoms with Crippen molar-refractivity contribution in [2.45, 2.75) is 239 Å². The molecule has 0 aromatic heterocycles. The second-order valence-electron chi connectivity index (χ2n) is 14.3. The molecular formula is C43H80. The molecule has 0 bridgehead atoms. The minimum atomic E-state index is 1.28. The third-order valence-corrected chi connectivity index (χ3v) is 9.91. The molecule has 1 rings (SSSR count). The molecular weight excluding hydrogens is 516 g/mol. The first-order valence-electron chi connectivity index (χ1n) is 20.4. The molecule has 0 nitrogen and oxygen atoms in total. The molecule has 0 spiro atoms. The molecule has 0 saturated carbocycles. The molecule has 0 fully saturated rings. The van der Waals surface area contributed by atoms with Gasteiger partial charge in [-0.2, -0.15) is 0 Å². The van der Waals surface area contributed by atoms with E-state index in [2.05, 4.69) is 38.1 Å². The van der Waals surface area contributed by atoms with Gasteiger partial charge in [0, 0.05) is 0 Å². The van der Waals surface area contributed by atoms with E-state index < -0.39 is 0 Å². The average Bonchev–Trinajstić information content (AvgIpc) is 3.03. The summed E-state index contributed by atoms with van der Waals surface area (Å²) in [6.07, 6.45) is 50.5. The van der Waals surface area contributed by atoms with E-state index in [9.17, 15) is 0 Å². The van der Waals surface area contributed by atoms with Gasteiger partial charge in [0.2, 0.25) is 0 Å². The fraction of sp³-hybridized carbons (Fsp3) is 0.860. The van der Waals surface area contributed by atoms with Gasteiger partial charge in [-0.1, -0.05) is 237 Å². The van der Waals surface area contributed by atoms with Crippen molar-refractivity contribution in [3.8, 4) is 0 Å². The Bertz CT molecular complexity index is 628. The van der Waals surface area contributed by atoms with Gasteiger partial charge < -0.3 is 0 Å².